The third-order valence-electron chi connectivity index (χ3n) is 4.98. The molecule has 7 nitrogen and oxygen atoms in total. The fraction of sp³-hybridized carbons (Fsp3) is 0.200. The van der Waals surface area contributed by atoms with Crippen LogP contribution in [0.25, 0.3) is 22.3 Å². The van der Waals surface area contributed by atoms with Crippen LogP contribution in [0.3, 0.4) is 0 Å². The Balaban J connectivity index is 1.63. The Hall–Kier alpha value is -4.00. The van der Waals surface area contributed by atoms with E-state index in [0.29, 0.717) is 11.4 Å². The van der Waals surface area contributed by atoms with Gasteiger partial charge < -0.3 is 10.1 Å². The number of hydrogen-bond donors (Lipinski definition) is 1. The van der Waals surface area contributed by atoms with E-state index in [9.17, 15) is 4.79 Å². The molecule has 1 N–H and O–H groups in total. The molecule has 0 aliphatic carbocycles. The summed E-state index contributed by atoms with van der Waals surface area (Å²) >= 11 is 0. The number of rotatable bonds is 6. The van der Waals surface area contributed by atoms with Crippen molar-refractivity contribution in [2.75, 3.05) is 5.32 Å². The van der Waals surface area contributed by atoms with E-state index in [1.54, 1.807) is 35.4 Å². The first-order valence-corrected chi connectivity index (χ1v) is 10.4. The van der Waals surface area contributed by atoms with Gasteiger partial charge in [0.25, 0.3) is 5.91 Å². The van der Waals surface area contributed by atoms with Crippen LogP contribution in [0.15, 0.2) is 67.4 Å². The predicted molar refractivity (Wildman–Crippen MR) is 125 cm³/mol. The van der Waals surface area contributed by atoms with E-state index in [1.165, 1.54) is 0 Å². The number of hydrogen-bond acceptors (Lipinski definition) is 5. The molecule has 162 valence electrons. The Kier molecular flexibility index (Phi) is 5.98. The normalized spacial score (nSPS) is 10.9. The van der Waals surface area contributed by atoms with Gasteiger partial charge in [0, 0.05) is 48.5 Å². The van der Waals surface area contributed by atoms with Crippen LogP contribution in [0.2, 0.25) is 0 Å². The summed E-state index contributed by atoms with van der Waals surface area (Å²) < 4.78 is 7.81. The van der Waals surface area contributed by atoms with Gasteiger partial charge in [0.1, 0.15) is 11.6 Å². The molecule has 0 fully saturated rings. The molecule has 0 unspecified atom stereocenters. The SMILES string of the molecule is Cc1ccncc1C(=O)Nc1ccc(-c2cc(-c3cnn(C)c3)ccc2OC(C)C)cn1. The highest BCUT2D eigenvalue weighted by molar-refractivity contribution is 6.04. The first kappa shape index (κ1) is 21.2. The van der Waals surface area contributed by atoms with Crippen LogP contribution in [0.1, 0.15) is 29.8 Å². The van der Waals surface area contributed by atoms with Crippen molar-refractivity contribution in [3.8, 4) is 28.0 Å². The van der Waals surface area contributed by atoms with Crippen molar-refractivity contribution in [2.24, 2.45) is 7.05 Å². The third-order valence-corrected chi connectivity index (χ3v) is 4.98. The number of amides is 1. The van der Waals surface area contributed by atoms with Gasteiger partial charge in [-0.1, -0.05) is 6.07 Å². The highest BCUT2D eigenvalue weighted by atomic mass is 16.5. The van der Waals surface area contributed by atoms with Gasteiger partial charge >= 0.3 is 0 Å². The number of benzene rings is 1. The van der Waals surface area contributed by atoms with E-state index in [4.69, 9.17) is 4.74 Å². The Bertz CT molecular complexity index is 1250. The number of aryl methyl sites for hydroxylation is 2. The lowest BCUT2D eigenvalue weighted by Gasteiger charge is -2.16. The Labute approximate surface area is 187 Å². The van der Waals surface area contributed by atoms with Gasteiger partial charge in [-0.3, -0.25) is 14.5 Å². The zero-order chi connectivity index (χ0) is 22.7. The summed E-state index contributed by atoms with van der Waals surface area (Å²) in [6.45, 7) is 5.87. The molecule has 0 aliphatic heterocycles. The third kappa shape index (κ3) is 4.67. The number of ether oxygens (including phenoxy) is 1. The molecule has 1 aromatic carbocycles. The number of aromatic nitrogens is 4. The maximum Gasteiger partial charge on any atom is 0.258 e. The second kappa shape index (κ2) is 9.01. The highest BCUT2D eigenvalue weighted by Crippen LogP contribution is 2.35. The average Bonchev–Trinajstić information content (AvgIpc) is 3.21. The Morgan fingerprint density at radius 1 is 1.03 bits per heavy atom. The summed E-state index contributed by atoms with van der Waals surface area (Å²) in [6.07, 6.45) is 8.79. The Morgan fingerprint density at radius 3 is 2.50 bits per heavy atom. The van der Waals surface area contributed by atoms with Crippen LogP contribution in [0.5, 0.6) is 5.75 Å². The molecule has 0 saturated heterocycles. The highest BCUT2D eigenvalue weighted by Gasteiger charge is 2.13. The van der Waals surface area contributed by atoms with Crippen molar-refractivity contribution in [2.45, 2.75) is 26.9 Å². The van der Waals surface area contributed by atoms with Gasteiger partial charge in [0.15, 0.2) is 0 Å². The van der Waals surface area contributed by atoms with Gasteiger partial charge in [0.2, 0.25) is 0 Å². The molecule has 7 heteroatoms. The molecular weight excluding hydrogens is 402 g/mol. The summed E-state index contributed by atoms with van der Waals surface area (Å²) in [6, 6.07) is 11.6. The lowest BCUT2D eigenvalue weighted by Crippen LogP contribution is -2.14. The zero-order valence-electron chi connectivity index (χ0n) is 18.5. The molecule has 4 aromatic rings. The largest absolute Gasteiger partial charge is 0.490 e. The van der Waals surface area contributed by atoms with Crippen LogP contribution in [0, 0.1) is 6.92 Å². The summed E-state index contributed by atoms with van der Waals surface area (Å²) in [5, 5.41) is 7.10. The van der Waals surface area contributed by atoms with Gasteiger partial charge in [-0.15, -0.1) is 0 Å². The van der Waals surface area contributed by atoms with Crippen molar-refractivity contribution in [3.05, 3.63) is 78.5 Å². The summed E-state index contributed by atoms with van der Waals surface area (Å²) in [7, 11) is 1.89. The van der Waals surface area contributed by atoms with Crippen LogP contribution < -0.4 is 10.1 Å². The lowest BCUT2D eigenvalue weighted by molar-refractivity contribution is 0.102. The second-order valence-electron chi connectivity index (χ2n) is 7.86. The van der Waals surface area contributed by atoms with Crippen molar-refractivity contribution in [3.63, 3.8) is 0 Å². The van der Waals surface area contributed by atoms with Gasteiger partial charge in [-0.25, -0.2) is 4.98 Å². The van der Waals surface area contributed by atoms with Crippen molar-refractivity contribution in [1.29, 1.82) is 0 Å². The molecule has 0 aliphatic rings. The van der Waals surface area contributed by atoms with Crippen molar-refractivity contribution < 1.29 is 9.53 Å². The Morgan fingerprint density at radius 2 is 1.84 bits per heavy atom. The molecule has 0 atom stereocenters. The van der Waals surface area contributed by atoms with Crippen LogP contribution >= 0.6 is 0 Å². The monoisotopic (exact) mass is 427 g/mol. The van der Waals surface area contributed by atoms with Gasteiger partial charge in [0.05, 0.1) is 17.9 Å². The molecule has 1 amide bonds. The number of nitrogens with zero attached hydrogens (tertiary/aromatic N) is 4. The molecule has 3 heterocycles. The van der Waals surface area contributed by atoms with E-state index in [2.05, 4.69) is 26.4 Å². The topological polar surface area (TPSA) is 81.9 Å². The quantitative estimate of drug-likeness (QED) is 0.474. The zero-order valence-corrected chi connectivity index (χ0v) is 18.5. The van der Waals surface area contributed by atoms with Crippen LogP contribution in [0.4, 0.5) is 5.82 Å². The standard InChI is InChI=1S/C25H25N5O2/c1-16(2)32-23-7-5-18(20-13-28-30(4)15-20)11-21(23)19-6-8-24(27-12-19)29-25(31)22-14-26-10-9-17(22)3/h5-16H,1-4H3,(H,27,29,31). The van der Waals surface area contributed by atoms with Crippen molar-refractivity contribution in [1.82, 2.24) is 19.7 Å². The molecular formula is C25H25N5O2. The van der Waals surface area contributed by atoms with Gasteiger partial charge in [-0.05, 0) is 62.2 Å². The number of nitrogens with one attached hydrogen (secondary N) is 1. The van der Waals surface area contributed by atoms with E-state index < -0.39 is 0 Å². The van der Waals surface area contributed by atoms with E-state index in [1.807, 2.05) is 58.4 Å². The maximum atomic E-state index is 12.5. The van der Waals surface area contributed by atoms with E-state index in [0.717, 1.165) is 33.6 Å². The van der Waals surface area contributed by atoms with Crippen LogP contribution in [-0.4, -0.2) is 31.8 Å². The summed E-state index contributed by atoms with van der Waals surface area (Å²) in [5.74, 6) is 1.01. The minimum absolute atomic E-state index is 0.0345. The second-order valence-corrected chi connectivity index (χ2v) is 7.86. The van der Waals surface area contributed by atoms with Crippen molar-refractivity contribution >= 4 is 11.7 Å². The fourth-order valence-corrected chi connectivity index (χ4v) is 3.37. The van der Waals surface area contributed by atoms with Crippen LogP contribution in [-0.2, 0) is 7.05 Å². The molecule has 0 spiro atoms. The lowest BCUT2D eigenvalue weighted by atomic mass is 10.0. The summed E-state index contributed by atoms with van der Waals surface area (Å²) in [5.41, 5.74) is 5.25. The minimum atomic E-state index is -0.238. The summed E-state index contributed by atoms with van der Waals surface area (Å²) in [4.78, 5) is 21.0. The minimum Gasteiger partial charge on any atom is -0.490 e. The fourth-order valence-electron chi connectivity index (χ4n) is 3.37. The average molecular weight is 428 g/mol. The molecule has 0 saturated carbocycles. The smallest absolute Gasteiger partial charge is 0.258 e. The van der Waals surface area contributed by atoms with E-state index in [-0.39, 0.29) is 12.0 Å². The van der Waals surface area contributed by atoms with Gasteiger partial charge in [-0.2, -0.15) is 5.10 Å². The molecule has 32 heavy (non-hydrogen) atoms. The maximum absolute atomic E-state index is 12.5. The first-order valence-electron chi connectivity index (χ1n) is 10.4. The molecule has 4 rings (SSSR count). The number of carbonyl (C=O) groups is 1. The molecule has 0 bridgehead atoms. The number of anilines is 1. The first-order chi connectivity index (χ1) is 15.4. The molecule has 3 aromatic heterocycles. The van der Waals surface area contributed by atoms with E-state index >= 15 is 0 Å². The molecule has 0 radical (unpaired) electrons. The predicted octanol–water partition coefficient (Wildman–Crippen LogP) is 4.89. The number of pyridine rings is 2. The number of carbonyl (C=O) groups excluding carboxylic acids is 1.